The van der Waals surface area contributed by atoms with Gasteiger partial charge in [0.1, 0.15) is 10.7 Å². The molecule has 1 aromatic rings. The molecule has 1 aromatic heterocycles. The molecule has 0 saturated carbocycles. The molecule has 0 fully saturated rings. The molecule has 0 aromatic carbocycles. The maximum Gasteiger partial charge on any atom is 0.242 e. The van der Waals surface area contributed by atoms with Crippen molar-refractivity contribution in [2.24, 2.45) is 0 Å². The van der Waals surface area contributed by atoms with Gasteiger partial charge in [0.2, 0.25) is 15.9 Å². The van der Waals surface area contributed by atoms with Crippen molar-refractivity contribution in [2.45, 2.75) is 25.2 Å². The number of aromatic nitrogens is 1. The molecule has 0 bridgehead atoms. The number of nitrogens with one attached hydrogen (secondary N) is 3. The van der Waals surface area contributed by atoms with E-state index >= 15 is 0 Å². The summed E-state index contributed by atoms with van der Waals surface area (Å²) in [7, 11) is -3.59. The van der Waals surface area contributed by atoms with Gasteiger partial charge in [-0.05, 0) is 18.6 Å². The minimum atomic E-state index is -3.59. The van der Waals surface area contributed by atoms with Crippen LogP contribution in [0, 0.1) is 0 Å². The Hall–Kier alpha value is -1.67. The predicted molar refractivity (Wildman–Crippen MR) is 76.9 cm³/mol. The first-order chi connectivity index (χ1) is 9.45. The van der Waals surface area contributed by atoms with E-state index in [1.54, 1.807) is 6.07 Å². The van der Waals surface area contributed by atoms with Crippen molar-refractivity contribution in [3.8, 4) is 0 Å². The van der Waals surface area contributed by atoms with Gasteiger partial charge in [-0.15, -0.1) is 0 Å². The number of hydrogen-bond acceptors (Lipinski definition) is 5. The van der Waals surface area contributed by atoms with Gasteiger partial charge in [0.05, 0.1) is 0 Å². The molecule has 0 aliphatic carbocycles. The monoisotopic (exact) mass is 300 g/mol. The van der Waals surface area contributed by atoms with Crippen LogP contribution in [0.15, 0.2) is 23.2 Å². The normalized spacial score (nSPS) is 11.1. The van der Waals surface area contributed by atoms with Crippen molar-refractivity contribution in [1.82, 2.24) is 15.0 Å². The predicted octanol–water partition coefficient (Wildman–Crippen LogP) is 0.318. The molecule has 3 N–H and O–H groups in total. The Bertz CT molecular complexity index is 528. The van der Waals surface area contributed by atoms with Crippen LogP contribution in [0.4, 0.5) is 5.82 Å². The van der Waals surface area contributed by atoms with Gasteiger partial charge < -0.3 is 10.6 Å². The molecule has 0 aliphatic rings. The van der Waals surface area contributed by atoms with Gasteiger partial charge in [0.15, 0.2) is 0 Å². The van der Waals surface area contributed by atoms with E-state index in [0.717, 1.165) is 13.0 Å². The van der Waals surface area contributed by atoms with Crippen LogP contribution in [-0.4, -0.2) is 38.9 Å². The topological polar surface area (TPSA) is 100 Å². The number of pyridine rings is 1. The molecule has 0 spiro atoms. The fourth-order valence-corrected chi connectivity index (χ4v) is 2.38. The van der Waals surface area contributed by atoms with Crippen molar-refractivity contribution < 1.29 is 13.2 Å². The summed E-state index contributed by atoms with van der Waals surface area (Å²) in [6.45, 7) is 4.58. The van der Waals surface area contributed by atoms with E-state index in [0.29, 0.717) is 5.82 Å². The zero-order valence-electron chi connectivity index (χ0n) is 11.6. The van der Waals surface area contributed by atoms with E-state index in [2.05, 4.69) is 20.3 Å². The van der Waals surface area contributed by atoms with Crippen molar-refractivity contribution in [3.63, 3.8) is 0 Å². The molecule has 1 rings (SSSR count). The van der Waals surface area contributed by atoms with Crippen LogP contribution in [0.25, 0.3) is 0 Å². The fourth-order valence-electron chi connectivity index (χ4n) is 1.40. The number of carbonyl (C=O) groups excluding carboxylic acids is 1. The number of amides is 1. The molecule has 0 aliphatic heterocycles. The van der Waals surface area contributed by atoms with Gasteiger partial charge >= 0.3 is 0 Å². The smallest absolute Gasteiger partial charge is 0.242 e. The Morgan fingerprint density at radius 2 is 2.00 bits per heavy atom. The highest BCUT2D eigenvalue weighted by Crippen LogP contribution is 2.10. The van der Waals surface area contributed by atoms with Crippen LogP contribution in [0.2, 0.25) is 0 Å². The first-order valence-corrected chi connectivity index (χ1v) is 7.88. The molecule has 1 heterocycles. The number of hydrogen-bond donors (Lipinski definition) is 3. The second kappa shape index (κ2) is 7.81. The van der Waals surface area contributed by atoms with E-state index in [9.17, 15) is 13.2 Å². The average molecular weight is 300 g/mol. The average Bonchev–Trinajstić information content (AvgIpc) is 2.42. The molecule has 112 valence electrons. The molecule has 20 heavy (non-hydrogen) atoms. The molecular formula is C12H20N4O3S. The van der Waals surface area contributed by atoms with E-state index in [1.165, 1.54) is 19.2 Å². The zero-order valence-corrected chi connectivity index (χ0v) is 12.5. The lowest BCUT2D eigenvalue weighted by Crippen LogP contribution is -2.33. The number of rotatable bonds is 8. The maximum atomic E-state index is 11.9. The Labute approximate surface area is 119 Å². The quantitative estimate of drug-likeness (QED) is 0.600. The third-order valence-electron chi connectivity index (χ3n) is 2.39. The summed E-state index contributed by atoms with van der Waals surface area (Å²) in [4.78, 5) is 14.8. The van der Waals surface area contributed by atoms with Gasteiger partial charge in [-0.1, -0.05) is 6.92 Å². The van der Waals surface area contributed by atoms with E-state index < -0.39 is 10.0 Å². The lowest BCUT2D eigenvalue weighted by Gasteiger charge is -2.08. The lowest BCUT2D eigenvalue weighted by atomic mass is 10.4. The van der Waals surface area contributed by atoms with Crippen LogP contribution in [0.5, 0.6) is 0 Å². The summed E-state index contributed by atoms with van der Waals surface area (Å²) in [5.74, 6) is 0.446. The molecular weight excluding hydrogens is 280 g/mol. The maximum absolute atomic E-state index is 11.9. The highest BCUT2D eigenvalue weighted by atomic mass is 32.2. The van der Waals surface area contributed by atoms with Crippen LogP contribution >= 0.6 is 0 Å². The van der Waals surface area contributed by atoms with Crippen LogP contribution in [0.1, 0.15) is 20.3 Å². The van der Waals surface area contributed by atoms with E-state index in [4.69, 9.17) is 0 Å². The fraction of sp³-hybridized carbons (Fsp3) is 0.500. The highest BCUT2D eigenvalue weighted by Gasteiger charge is 2.13. The zero-order chi connectivity index (χ0) is 15.0. The van der Waals surface area contributed by atoms with Gasteiger partial charge in [0, 0.05) is 32.8 Å². The van der Waals surface area contributed by atoms with Crippen LogP contribution in [0.3, 0.4) is 0 Å². The van der Waals surface area contributed by atoms with Crippen LogP contribution in [-0.2, 0) is 14.8 Å². The summed E-state index contributed by atoms with van der Waals surface area (Å²) >= 11 is 0. The first kappa shape index (κ1) is 16.4. The summed E-state index contributed by atoms with van der Waals surface area (Å²) in [5.41, 5.74) is 0. The van der Waals surface area contributed by atoms with Crippen molar-refractivity contribution in [3.05, 3.63) is 18.3 Å². The minimum absolute atomic E-state index is 0.0994. The standard InChI is InChI=1S/C12H20N4O3S/c1-3-6-14-12-5-4-11(9-15-12)20(18,19)16-8-7-13-10(2)17/h4-5,9,16H,3,6-8H2,1-2H3,(H,13,17)(H,14,15). The molecule has 0 atom stereocenters. The summed E-state index contributed by atoms with van der Waals surface area (Å²) in [6.07, 6.45) is 2.27. The molecule has 1 amide bonds. The number of sulfonamides is 1. The third-order valence-corrected chi connectivity index (χ3v) is 3.84. The number of carbonyl (C=O) groups is 1. The Morgan fingerprint density at radius 3 is 2.55 bits per heavy atom. The minimum Gasteiger partial charge on any atom is -0.370 e. The number of anilines is 1. The van der Waals surface area contributed by atoms with Gasteiger partial charge in [-0.2, -0.15) is 0 Å². The van der Waals surface area contributed by atoms with Gasteiger partial charge in [-0.25, -0.2) is 18.1 Å². The second-order valence-electron chi connectivity index (χ2n) is 4.19. The molecule has 8 heteroatoms. The molecule has 0 radical (unpaired) electrons. The lowest BCUT2D eigenvalue weighted by molar-refractivity contribution is -0.118. The van der Waals surface area contributed by atoms with Crippen molar-refractivity contribution >= 4 is 21.7 Å². The molecule has 0 saturated heterocycles. The summed E-state index contributed by atoms with van der Waals surface area (Å²) < 4.78 is 26.2. The molecule has 7 nitrogen and oxygen atoms in total. The Morgan fingerprint density at radius 1 is 1.25 bits per heavy atom. The van der Waals surface area contributed by atoms with Crippen molar-refractivity contribution in [1.29, 1.82) is 0 Å². The van der Waals surface area contributed by atoms with Crippen LogP contribution < -0.4 is 15.4 Å². The largest absolute Gasteiger partial charge is 0.370 e. The summed E-state index contributed by atoms with van der Waals surface area (Å²) in [5, 5.41) is 5.57. The van der Waals surface area contributed by atoms with Crippen molar-refractivity contribution in [2.75, 3.05) is 25.0 Å². The second-order valence-corrected chi connectivity index (χ2v) is 5.95. The van der Waals surface area contributed by atoms with Gasteiger partial charge in [-0.3, -0.25) is 4.79 Å². The highest BCUT2D eigenvalue weighted by molar-refractivity contribution is 7.89. The van der Waals surface area contributed by atoms with E-state index in [1.807, 2.05) is 6.92 Å². The van der Waals surface area contributed by atoms with Gasteiger partial charge in [0.25, 0.3) is 0 Å². The third kappa shape index (κ3) is 5.54. The summed E-state index contributed by atoms with van der Waals surface area (Å²) in [6, 6.07) is 3.11. The SMILES string of the molecule is CCCNc1ccc(S(=O)(=O)NCCNC(C)=O)cn1. The first-order valence-electron chi connectivity index (χ1n) is 6.39. The number of nitrogens with zero attached hydrogens (tertiary/aromatic N) is 1. The molecule has 0 unspecified atom stereocenters. The Balaban J connectivity index is 2.56. The Kier molecular flexibility index (Phi) is 6.40. The van der Waals surface area contributed by atoms with E-state index in [-0.39, 0.29) is 23.9 Å².